The molecule has 3 heterocycles. The number of nitrogens with zero attached hydrogens (tertiary/aromatic N) is 2. The van der Waals surface area contributed by atoms with E-state index < -0.39 is 5.97 Å². The highest BCUT2D eigenvalue weighted by atomic mass is 32.2. The second kappa shape index (κ2) is 9.47. The van der Waals surface area contributed by atoms with Gasteiger partial charge < -0.3 is 9.72 Å². The van der Waals surface area contributed by atoms with Crippen LogP contribution in [0.25, 0.3) is 15.9 Å². The highest BCUT2D eigenvalue weighted by Gasteiger charge is 2.25. The van der Waals surface area contributed by atoms with E-state index in [0.29, 0.717) is 33.1 Å². The summed E-state index contributed by atoms with van der Waals surface area (Å²) in [6.07, 6.45) is 4.10. The van der Waals surface area contributed by atoms with Crippen LogP contribution in [0.15, 0.2) is 40.3 Å². The van der Waals surface area contributed by atoms with Gasteiger partial charge in [-0.25, -0.2) is 9.78 Å². The van der Waals surface area contributed by atoms with Crippen molar-refractivity contribution in [3.8, 4) is 5.69 Å². The summed E-state index contributed by atoms with van der Waals surface area (Å²) in [5.41, 5.74) is 3.68. The molecular weight excluding hydrogens is 482 g/mol. The molecule has 0 fully saturated rings. The fourth-order valence-electron chi connectivity index (χ4n) is 4.73. The number of aromatic amines is 1. The predicted octanol–water partition coefficient (Wildman–Crippen LogP) is 5.03. The third-order valence-corrected chi connectivity index (χ3v) is 8.54. The zero-order chi connectivity index (χ0) is 24.7. The van der Waals surface area contributed by atoms with E-state index in [1.165, 1.54) is 23.7 Å². The minimum atomic E-state index is -0.477. The maximum atomic E-state index is 13.8. The van der Waals surface area contributed by atoms with Gasteiger partial charge in [-0.3, -0.25) is 14.2 Å². The number of benzene rings is 1. The number of carbonyl (C=O) groups is 2. The van der Waals surface area contributed by atoms with Crippen LogP contribution in [0.5, 0.6) is 0 Å². The Hall–Kier alpha value is -3.17. The summed E-state index contributed by atoms with van der Waals surface area (Å²) in [5, 5.41) is 1.19. The maximum Gasteiger partial charge on any atom is 0.339 e. The number of aryl methyl sites for hydroxylation is 3. The molecule has 0 unspecified atom stereocenters. The number of aromatic nitrogens is 3. The molecule has 4 aromatic rings. The van der Waals surface area contributed by atoms with Gasteiger partial charge in [0, 0.05) is 10.6 Å². The van der Waals surface area contributed by atoms with E-state index in [2.05, 4.69) is 4.98 Å². The molecule has 0 aliphatic heterocycles. The average molecular weight is 508 g/mol. The Morgan fingerprint density at radius 2 is 1.91 bits per heavy atom. The molecule has 1 N–H and O–H groups in total. The van der Waals surface area contributed by atoms with Crippen LogP contribution in [0, 0.1) is 13.8 Å². The normalized spacial score (nSPS) is 13.1. The molecule has 0 spiro atoms. The summed E-state index contributed by atoms with van der Waals surface area (Å²) in [7, 11) is 1.32. The Balaban J connectivity index is 1.55. The van der Waals surface area contributed by atoms with Gasteiger partial charge in [-0.15, -0.1) is 11.3 Å². The summed E-state index contributed by atoms with van der Waals surface area (Å²) in [6.45, 7) is 3.47. The molecule has 0 amide bonds. The first-order valence-corrected chi connectivity index (χ1v) is 13.3. The lowest BCUT2D eigenvalue weighted by molar-refractivity contribution is 0.0599. The molecule has 1 aromatic carbocycles. The number of Topliss-reactive ketones (excluding diaryl/α,β-unsaturated/α-hetero) is 1. The van der Waals surface area contributed by atoms with Gasteiger partial charge in [0.1, 0.15) is 4.83 Å². The molecule has 0 saturated heterocycles. The summed E-state index contributed by atoms with van der Waals surface area (Å²) < 4.78 is 6.47. The van der Waals surface area contributed by atoms with Crippen molar-refractivity contribution >= 4 is 45.1 Å². The smallest absolute Gasteiger partial charge is 0.339 e. The van der Waals surface area contributed by atoms with E-state index in [4.69, 9.17) is 9.72 Å². The highest BCUT2D eigenvalue weighted by molar-refractivity contribution is 7.99. The maximum absolute atomic E-state index is 13.8. The Kier molecular flexibility index (Phi) is 6.37. The standard InChI is InChI=1S/C26H25N3O4S2/c1-14-20(25(32)33-3)15(2)27-22(14)18(30)13-34-26-28-23-21(17-11-7-8-12-19(17)35-23)24(31)29(26)16-9-5-4-6-10-16/h4-6,9-10,27H,7-8,11-13H2,1-3H3. The number of ketones is 1. The third-order valence-electron chi connectivity index (χ3n) is 6.41. The van der Waals surface area contributed by atoms with E-state index in [-0.39, 0.29) is 17.1 Å². The van der Waals surface area contributed by atoms with Gasteiger partial charge in [-0.05, 0) is 62.8 Å². The fourth-order valence-corrected chi connectivity index (χ4v) is 6.91. The largest absolute Gasteiger partial charge is 0.465 e. The van der Waals surface area contributed by atoms with Crippen LogP contribution in [0.3, 0.4) is 0 Å². The summed E-state index contributed by atoms with van der Waals surface area (Å²) in [4.78, 5) is 48.9. The second-order valence-corrected chi connectivity index (χ2v) is 10.6. The molecule has 0 saturated carbocycles. The number of hydrogen-bond acceptors (Lipinski definition) is 7. The predicted molar refractivity (Wildman–Crippen MR) is 139 cm³/mol. The number of fused-ring (bicyclic) bond motifs is 3. The minimum absolute atomic E-state index is 0.0667. The van der Waals surface area contributed by atoms with Crippen LogP contribution in [-0.2, 0) is 17.6 Å². The quantitative estimate of drug-likeness (QED) is 0.170. The number of nitrogens with one attached hydrogen (secondary N) is 1. The van der Waals surface area contributed by atoms with E-state index in [9.17, 15) is 14.4 Å². The molecule has 5 rings (SSSR count). The Bertz CT molecular complexity index is 1520. The molecule has 3 aromatic heterocycles. The Morgan fingerprint density at radius 1 is 1.17 bits per heavy atom. The number of H-pyrrole nitrogens is 1. The van der Waals surface area contributed by atoms with E-state index in [0.717, 1.165) is 41.8 Å². The van der Waals surface area contributed by atoms with Gasteiger partial charge in [-0.1, -0.05) is 30.0 Å². The molecule has 1 aliphatic carbocycles. The zero-order valence-corrected chi connectivity index (χ0v) is 21.4. The lowest BCUT2D eigenvalue weighted by atomic mass is 9.97. The van der Waals surface area contributed by atoms with E-state index in [1.54, 1.807) is 29.8 Å². The van der Waals surface area contributed by atoms with Crippen LogP contribution in [-0.4, -0.2) is 39.2 Å². The lowest BCUT2D eigenvalue weighted by Crippen LogP contribution is -2.22. The van der Waals surface area contributed by atoms with Gasteiger partial charge >= 0.3 is 5.97 Å². The number of esters is 1. The van der Waals surface area contributed by atoms with Crippen molar-refractivity contribution in [2.45, 2.75) is 44.7 Å². The number of carbonyl (C=O) groups excluding carboxylic acids is 2. The Labute approximate surface area is 210 Å². The molecule has 180 valence electrons. The monoisotopic (exact) mass is 507 g/mol. The van der Waals surface area contributed by atoms with Gasteiger partial charge in [0.15, 0.2) is 10.9 Å². The second-order valence-electron chi connectivity index (χ2n) is 8.59. The van der Waals surface area contributed by atoms with Crippen molar-refractivity contribution in [3.05, 3.63) is 73.6 Å². The van der Waals surface area contributed by atoms with Crippen molar-refractivity contribution in [2.75, 3.05) is 12.9 Å². The first-order chi connectivity index (χ1) is 16.9. The number of thiophene rings is 1. The van der Waals surface area contributed by atoms with Crippen LogP contribution < -0.4 is 5.56 Å². The SMILES string of the molecule is COC(=O)c1c(C)[nH]c(C(=O)CSc2nc3sc4c(c3c(=O)n2-c2ccccc2)CCCC4)c1C. The topological polar surface area (TPSA) is 94.1 Å². The molecular formula is C26H25N3O4S2. The first kappa shape index (κ1) is 23.6. The van der Waals surface area contributed by atoms with Crippen LogP contribution >= 0.6 is 23.1 Å². The molecule has 9 heteroatoms. The first-order valence-electron chi connectivity index (χ1n) is 11.5. The van der Waals surface area contributed by atoms with Crippen molar-refractivity contribution in [2.24, 2.45) is 0 Å². The number of hydrogen-bond donors (Lipinski definition) is 1. The molecule has 0 radical (unpaired) electrons. The van der Waals surface area contributed by atoms with E-state index in [1.807, 2.05) is 30.3 Å². The fraction of sp³-hybridized carbons (Fsp3) is 0.308. The van der Waals surface area contributed by atoms with Crippen molar-refractivity contribution < 1.29 is 14.3 Å². The summed E-state index contributed by atoms with van der Waals surface area (Å²) in [5.74, 6) is -0.586. The van der Waals surface area contributed by atoms with Crippen molar-refractivity contribution in [3.63, 3.8) is 0 Å². The summed E-state index contributed by atoms with van der Waals surface area (Å²) in [6, 6.07) is 9.42. The van der Waals surface area contributed by atoms with Gasteiger partial charge in [-0.2, -0.15) is 0 Å². The molecule has 0 atom stereocenters. The average Bonchev–Trinajstić information content (AvgIpc) is 3.39. The van der Waals surface area contributed by atoms with Crippen LogP contribution in [0.1, 0.15) is 55.4 Å². The van der Waals surface area contributed by atoms with Crippen molar-refractivity contribution in [1.82, 2.24) is 14.5 Å². The third kappa shape index (κ3) is 4.12. The number of rotatable bonds is 6. The number of ether oxygens (including phenoxy) is 1. The van der Waals surface area contributed by atoms with Crippen LogP contribution in [0.4, 0.5) is 0 Å². The lowest BCUT2D eigenvalue weighted by Gasteiger charge is -2.13. The Morgan fingerprint density at radius 3 is 2.66 bits per heavy atom. The van der Waals surface area contributed by atoms with Gasteiger partial charge in [0.05, 0.1) is 35.2 Å². The molecule has 35 heavy (non-hydrogen) atoms. The number of methoxy groups -OCH3 is 1. The molecule has 1 aliphatic rings. The minimum Gasteiger partial charge on any atom is -0.465 e. The van der Waals surface area contributed by atoms with E-state index >= 15 is 0 Å². The summed E-state index contributed by atoms with van der Waals surface area (Å²) >= 11 is 2.83. The highest BCUT2D eigenvalue weighted by Crippen LogP contribution is 2.35. The molecule has 7 nitrogen and oxygen atoms in total. The van der Waals surface area contributed by atoms with Gasteiger partial charge in [0.2, 0.25) is 0 Å². The number of para-hydroxylation sites is 1. The van der Waals surface area contributed by atoms with Gasteiger partial charge in [0.25, 0.3) is 5.56 Å². The number of thioether (sulfide) groups is 1. The zero-order valence-electron chi connectivity index (χ0n) is 19.8. The van der Waals surface area contributed by atoms with Crippen molar-refractivity contribution in [1.29, 1.82) is 0 Å². The molecule has 0 bridgehead atoms. The van der Waals surface area contributed by atoms with Crippen LogP contribution in [0.2, 0.25) is 0 Å².